The first-order valence-electron chi connectivity index (χ1n) is 11.9. The molecule has 1 fully saturated rings. The minimum atomic E-state index is -3.77. The predicted molar refractivity (Wildman–Crippen MR) is 135 cm³/mol. The van der Waals surface area contributed by atoms with Gasteiger partial charge in [0, 0.05) is 12.6 Å². The fourth-order valence-corrected chi connectivity index (χ4v) is 5.18. The summed E-state index contributed by atoms with van der Waals surface area (Å²) in [6, 6.07) is 11.8. The van der Waals surface area contributed by atoms with Crippen LogP contribution in [0, 0.1) is 12.7 Å². The Morgan fingerprint density at radius 3 is 2.34 bits per heavy atom. The normalized spacial score (nSPS) is 15.3. The van der Waals surface area contributed by atoms with E-state index in [1.165, 1.54) is 17.0 Å². The Kier molecular flexibility index (Phi) is 8.88. The molecule has 3 rings (SSSR count). The smallest absolute Gasteiger partial charge is 0.244 e. The molecule has 2 amide bonds. The summed E-state index contributed by atoms with van der Waals surface area (Å²) in [6.07, 6.45) is 6.11. The molecule has 1 atom stereocenters. The van der Waals surface area contributed by atoms with Crippen molar-refractivity contribution in [2.45, 2.75) is 64.6 Å². The second-order valence-corrected chi connectivity index (χ2v) is 11.2. The number of anilines is 1. The van der Waals surface area contributed by atoms with E-state index in [1.807, 2.05) is 13.0 Å². The maximum atomic E-state index is 13.5. The van der Waals surface area contributed by atoms with E-state index in [2.05, 4.69) is 5.32 Å². The molecule has 35 heavy (non-hydrogen) atoms. The summed E-state index contributed by atoms with van der Waals surface area (Å²) in [7, 11) is -3.77. The molecule has 1 aliphatic carbocycles. The number of nitrogens with one attached hydrogen (secondary N) is 1. The number of halogens is 1. The van der Waals surface area contributed by atoms with Gasteiger partial charge in [0.2, 0.25) is 21.8 Å². The Hall–Kier alpha value is -2.94. The average molecular weight is 504 g/mol. The van der Waals surface area contributed by atoms with E-state index in [4.69, 9.17) is 0 Å². The van der Waals surface area contributed by atoms with Gasteiger partial charge in [0.15, 0.2) is 0 Å². The van der Waals surface area contributed by atoms with Crippen LogP contribution in [0.2, 0.25) is 0 Å². The van der Waals surface area contributed by atoms with Crippen molar-refractivity contribution in [3.8, 4) is 0 Å². The molecule has 2 aromatic rings. The van der Waals surface area contributed by atoms with Crippen molar-refractivity contribution in [1.29, 1.82) is 0 Å². The van der Waals surface area contributed by atoms with Gasteiger partial charge in [-0.15, -0.1) is 0 Å². The second kappa shape index (κ2) is 11.7. The van der Waals surface area contributed by atoms with Gasteiger partial charge in [-0.2, -0.15) is 0 Å². The minimum Gasteiger partial charge on any atom is -0.352 e. The number of aryl methyl sites for hydroxylation is 1. The second-order valence-electron chi connectivity index (χ2n) is 9.28. The molecule has 0 aromatic heterocycles. The SMILES string of the molecule is Cc1cccc(N(CC(=O)N(Cc2ccc(F)cc2)C(C)C(=O)NC2CCCCC2)S(C)(=O)=O)c1. The van der Waals surface area contributed by atoms with Crippen LogP contribution in [-0.2, 0) is 26.2 Å². The van der Waals surface area contributed by atoms with E-state index in [9.17, 15) is 22.4 Å². The number of benzene rings is 2. The molecule has 0 saturated heterocycles. The van der Waals surface area contributed by atoms with E-state index in [-0.39, 0.29) is 18.5 Å². The van der Waals surface area contributed by atoms with Gasteiger partial charge in [-0.05, 0) is 62.1 Å². The van der Waals surface area contributed by atoms with E-state index in [0.29, 0.717) is 11.3 Å². The van der Waals surface area contributed by atoms with E-state index in [0.717, 1.165) is 48.2 Å². The highest BCUT2D eigenvalue weighted by atomic mass is 32.2. The van der Waals surface area contributed by atoms with Crippen molar-refractivity contribution in [2.75, 3.05) is 17.1 Å². The lowest BCUT2D eigenvalue weighted by Crippen LogP contribution is -2.52. The molecule has 9 heteroatoms. The number of carbonyl (C=O) groups is 2. The quantitative estimate of drug-likeness (QED) is 0.565. The topological polar surface area (TPSA) is 86.8 Å². The summed E-state index contributed by atoms with van der Waals surface area (Å²) in [5.41, 5.74) is 1.87. The minimum absolute atomic E-state index is 0.0454. The molecule has 1 aliphatic rings. The van der Waals surface area contributed by atoms with Crippen molar-refractivity contribution in [2.24, 2.45) is 0 Å². The summed E-state index contributed by atoms with van der Waals surface area (Å²) in [6.45, 7) is 3.07. The van der Waals surface area contributed by atoms with Crippen LogP contribution in [-0.4, -0.2) is 50.0 Å². The van der Waals surface area contributed by atoms with Crippen LogP contribution < -0.4 is 9.62 Å². The van der Waals surface area contributed by atoms with E-state index >= 15 is 0 Å². The highest BCUT2D eigenvalue weighted by molar-refractivity contribution is 7.92. The molecular formula is C26H34FN3O4S. The monoisotopic (exact) mass is 503 g/mol. The first-order chi connectivity index (χ1) is 16.5. The van der Waals surface area contributed by atoms with Crippen LogP contribution in [0.25, 0.3) is 0 Å². The number of carbonyl (C=O) groups excluding carboxylic acids is 2. The van der Waals surface area contributed by atoms with Crippen LogP contribution in [0.3, 0.4) is 0 Å². The number of amides is 2. The maximum Gasteiger partial charge on any atom is 0.244 e. The standard InChI is InChI=1S/C26H34FN3O4S/c1-19-8-7-11-24(16-19)30(35(3,33)34)18-25(31)29(17-21-12-14-22(27)15-13-21)20(2)26(32)28-23-9-5-4-6-10-23/h7-8,11-16,20,23H,4-6,9-10,17-18H2,1-3H3,(H,28,32). The van der Waals surface area contributed by atoms with Gasteiger partial charge in [-0.3, -0.25) is 13.9 Å². The van der Waals surface area contributed by atoms with Crippen LogP contribution >= 0.6 is 0 Å². The molecule has 0 bridgehead atoms. The van der Waals surface area contributed by atoms with Gasteiger partial charge in [-0.25, -0.2) is 12.8 Å². The van der Waals surface area contributed by atoms with Gasteiger partial charge < -0.3 is 10.2 Å². The maximum absolute atomic E-state index is 13.5. The number of nitrogens with zero attached hydrogens (tertiary/aromatic N) is 2. The van der Waals surface area contributed by atoms with E-state index < -0.39 is 34.3 Å². The molecule has 1 unspecified atom stereocenters. The predicted octanol–water partition coefficient (Wildman–Crippen LogP) is 3.77. The summed E-state index contributed by atoms with van der Waals surface area (Å²) in [4.78, 5) is 28.0. The Balaban J connectivity index is 1.86. The fourth-order valence-electron chi connectivity index (χ4n) is 4.33. The lowest BCUT2D eigenvalue weighted by Gasteiger charge is -2.33. The van der Waals surface area contributed by atoms with Crippen molar-refractivity contribution >= 4 is 27.5 Å². The zero-order valence-corrected chi connectivity index (χ0v) is 21.4. The van der Waals surface area contributed by atoms with Crippen LogP contribution in [0.5, 0.6) is 0 Å². The molecule has 0 aliphatic heterocycles. The molecule has 1 N–H and O–H groups in total. The third-order valence-electron chi connectivity index (χ3n) is 6.35. The van der Waals surface area contributed by atoms with Crippen molar-refractivity contribution in [3.05, 3.63) is 65.5 Å². The molecule has 190 valence electrons. The first-order valence-corrected chi connectivity index (χ1v) is 13.8. The number of sulfonamides is 1. The number of rotatable bonds is 9. The Morgan fingerprint density at radius 1 is 1.09 bits per heavy atom. The van der Waals surface area contributed by atoms with Gasteiger partial charge in [0.05, 0.1) is 11.9 Å². The third kappa shape index (κ3) is 7.52. The zero-order chi connectivity index (χ0) is 25.6. The van der Waals surface area contributed by atoms with Crippen LogP contribution in [0.1, 0.15) is 50.2 Å². The largest absolute Gasteiger partial charge is 0.352 e. The molecule has 2 aromatic carbocycles. The van der Waals surface area contributed by atoms with Crippen molar-refractivity contribution in [1.82, 2.24) is 10.2 Å². The summed E-state index contributed by atoms with van der Waals surface area (Å²) < 4.78 is 39.7. The van der Waals surface area contributed by atoms with Gasteiger partial charge in [0.1, 0.15) is 18.4 Å². The van der Waals surface area contributed by atoms with E-state index in [1.54, 1.807) is 37.3 Å². The summed E-state index contributed by atoms with van der Waals surface area (Å²) >= 11 is 0. The molecule has 7 nitrogen and oxygen atoms in total. The molecule has 0 radical (unpaired) electrons. The number of hydrogen-bond donors (Lipinski definition) is 1. The van der Waals surface area contributed by atoms with Gasteiger partial charge in [0.25, 0.3) is 0 Å². The number of hydrogen-bond acceptors (Lipinski definition) is 4. The van der Waals surface area contributed by atoms with Crippen molar-refractivity contribution < 1.29 is 22.4 Å². The fraction of sp³-hybridized carbons (Fsp3) is 0.462. The van der Waals surface area contributed by atoms with Gasteiger partial charge in [-0.1, -0.05) is 43.5 Å². The molecular weight excluding hydrogens is 469 g/mol. The molecule has 0 spiro atoms. The first kappa shape index (κ1) is 26.7. The highest BCUT2D eigenvalue weighted by Gasteiger charge is 2.31. The van der Waals surface area contributed by atoms with Gasteiger partial charge >= 0.3 is 0 Å². The lowest BCUT2D eigenvalue weighted by atomic mass is 9.95. The Labute approximate surface area is 207 Å². The summed E-state index contributed by atoms with van der Waals surface area (Å²) in [5, 5.41) is 3.05. The average Bonchev–Trinajstić information content (AvgIpc) is 2.81. The molecule has 1 saturated carbocycles. The third-order valence-corrected chi connectivity index (χ3v) is 7.49. The van der Waals surface area contributed by atoms with Crippen molar-refractivity contribution in [3.63, 3.8) is 0 Å². The van der Waals surface area contributed by atoms with Crippen LogP contribution in [0.4, 0.5) is 10.1 Å². The van der Waals surface area contributed by atoms with Crippen LogP contribution in [0.15, 0.2) is 48.5 Å². The lowest BCUT2D eigenvalue weighted by molar-refractivity contribution is -0.139. The Bertz CT molecular complexity index is 1130. The summed E-state index contributed by atoms with van der Waals surface area (Å²) in [5.74, 6) is -1.21. The molecule has 0 heterocycles. The Morgan fingerprint density at radius 2 is 1.74 bits per heavy atom. The highest BCUT2D eigenvalue weighted by Crippen LogP contribution is 2.21. The zero-order valence-electron chi connectivity index (χ0n) is 20.5.